The van der Waals surface area contributed by atoms with Gasteiger partial charge >= 0.3 is 6.36 Å². The van der Waals surface area contributed by atoms with E-state index in [0.717, 1.165) is 5.56 Å². The first-order valence-electron chi connectivity index (χ1n) is 8.74. The van der Waals surface area contributed by atoms with Crippen molar-refractivity contribution in [3.63, 3.8) is 0 Å². The Kier molecular flexibility index (Phi) is 7.10. The molecule has 0 radical (unpaired) electrons. The van der Waals surface area contributed by atoms with Gasteiger partial charge in [-0.3, -0.25) is 10.0 Å². The third-order valence-electron chi connectivity index (χ3n) is 4.05. The van der Waals surface area contributed by atoms with Crippen molar-refractivity contribution < 1.29 is 32.6 Å². The molecule has 0 aromatic heterocycles. The Labute approximate surface area is 166 Å². The molecule has 0 fully saturated rings. The molecule has 0 aliphatic carbocycles. The molecule has 0 saturated heterocycles. The molecule has 0 aliphatic rings. The number of halogens is 3. The van der Waals surface area contributed by atoms with Crippen molar-refractivity contribution in [3.8, 4) is 17.2 Å². The summed E-state index contributed by atoms with van der Waals surface area (Å²) in [5.74, 6) is 0.128. The van der Waals surface area contributed by atoms with Gasteiger partial charge in [-0.05, 0) is 62.9 Å². The summed E-state index contributed by atoms with van der Waals surface area (Å²) >= 11 is 0. The number of nitrogens with zero attached hydrogens (tertiary/aromatic N) is 1. The number of nitrogens with one attached hydrogen (secondary N) is 1. The molecule has 0 bridgehead atoms. The lowest BCUT2D eigenvalue weighted by Crippen LogP contribution is -2.42. The van der Waals surface area contributed by atoms with Crippen LogP contribution in [-0.2, 0) is 11.3 Å². The zero-order valence-electron chi connectivity index (χ0n) is 16.3. The number of carbonyl (C=O) groups is 1. The summed E-state index contributed by atoms with van der Waals surface area (Å²) < 4.78 is 46.0. The molecule has 158 valence electrons. The summed E-state index contributed by atoms with van der Waals surface area (Å²) in [6.07, 6.45) is -4.73. The standard InChI is InChI=1S/C20H23F3N2O4/c1-19(2,18(26)24-27)13-25(3)12-14-4-6-15(7-5-14)28-16-8-10-17(11-9-16)29-20(21,22)23/h4-11,27H,12-13H2,1-3H3,(H,24,26). The van der Waals surface area contributed by atoms with Gasteiger partial charge in [0.2, 0.25) is 5.91 Å². The number of rotatable bonds is 8. The smallest absolute Gasteiger partial charge is 0.457 e. The van der Waals surface area contributed by atoms with Crippen molar-refractivity contribution in [3.05, 3.63) is 54.1 Å². The average molecular weight is 412 g/mol. The first-order valence-corrected chi connectivity index (χ1v) is 8.74. The first-order chi connectivity index (χ1) is 13.5. The fourth-order valence-corrected chi connectivity index (χ4v) is 2.77. The Balaban J connectivity index is 1.92. The molecule has 1 amide bonds. The molecule has 9 heteroatoms. The van der Waals surface area contributed by atoms with Crippen LogP contribution in [0.4, 0.5) is 13.2 Å². The molecule has 0 aliphatic heterocycles. The second-order valence-corrected chi connectivity index (χ2v) is 7.26. The minimum absolute atomic E-state index is 0.318. The topological polar surface area (TPSA) is 71.0 Å². The van der Waals surface area contributed by atoms with Crippen LogP contribution in [0.1, 0.15) is 19.4 Å². The van der Waals surface area contributed by atoms with E-state index in [1.165, 1.54) is 24.3 Å². The quantitative estimate of drug-likeness (QED) is 0.499. The minimum atomic E-state index is -4.73. The maximum atomic E-state index is 12.2. The molecule has 0 atom stereocenters. The van der Waals surface area contributed by atoms with Crippen LogP contribution in [-0.4, -0.2) is 36.0 Å². The lowest BCUT2D eigenvalue weighted by Gasteiger charge is -2.28. The van der Waals surface area contributed by atoms with Crippen molar-refractivity contribution in [1.82, 2.24) is 10.4 Å². The molecule has 2 aromatic rings. The van der Waals surface area contributed by atoms with Crippen molar-refractivity contribution in [2.24, 2.45) is 5.41 Å². The van der Waals surface area contributed by atoms with Crippen molar-refractivity contribution in [2.75, 3.05) is 13.6 Å². The van der Waals surface area contributed by atoms with E-state index in [9.17, 15) is 18.0 Å². The fraction of sp³-hybridized carbons (Fsp3) is 0.350. The molecule has 6 nitrogen and oxygen atoms in total. The van der Waals surface area contributed by atoms with E-state index < -0.39 is 17.7 Å². The van der Waals surface area contributed by atoms with Gasteiger partial charge in [0.05, 0.1) is 5.41 Å². The zero-order valence-corrected chi connectivity index (χ0v) is 16.3. The largest absolute Gasteiger partial charge is 0.573 e. The van der Waals surface area contributed by atoms with Crippen LogP contribution >= 0.6 is 0 Å². The third-order valence-corrected chi connectivity index (χ3v) is 4.05. The van der Waals surface area contributed by atoms with Crippen LogP contribution in [0.3, 0.4) is 0 Å². The molecule has 0 spiro atoms. The van der Waals surface area contributed by atoms with Crippen molar-refractivity contribution in [1.29, 1.82) is 0 Å². The van der Waals surface area contributed by atoms with E-state index in [-0.39, 0.29) is 5.75 Å². The van der Waals surface area contributed by atoms with Crippen LogP contribution in [0.15, 0.2) is 48.5 Å². The molecule has 2 N–H and O–H groups in total. The van der Waals surface area contributed by atoms with Crippen molar-refractivity contribution >= 4 is 5.91 Å². The Hall–Kier alpha value is -2.78. The molecule has 0 unspecified atom stereocenters. The second kappa shape index (κ2) is 9.15. The van der Waals surface area contributed by atoms with Crippen LogP contribution in [0.25, 0.3) is 0 Å². The molecular weight excluding hydrogens is 389 g/mol. The SMILES string of the molecule is CN(Cc1ccc(Oc2ccc(OC(F)(F)F)cc2)cc1)CC(C)(C)C(=O)NO. The van der Waals surface area contributed by atoms with E-state index >= 15 is 0 Å². The molecule has 2 rings (SSSR count). The second-order valence-electron chi connectivity index (χ2n) is 7.26. The van der Waals surface area contributed by atoms with Crippen LogP contribution in [0, 0.1) is 5.41 Å². The van der Waals surface area contributed by atoms with E-state index in [1.54, 1.807) is 31.5 Å². The number of carbonyl (C=O) groups excluding carboxylic acids is 1. The zero-order chi connectivity index (χ0) is 21.7. The number of benzene rings is 2. The van der Waals surface area contributed by atoms with Gasteiger partial charge in [-0.2, -0.15) is 0 Å². The summed E-state index contributed by atoms with van der Waals surface area (Å²) in [5.41, 5.74) is 1.90. The van der Waals surface area contributed by atoms with Gasteiger partial charge in [0.1, 0.15) is 17.2 Å². The van der Waals surface area contributed by atoms with Gasteiger partial charge in [-0.25, -0.2) is 5.48 Å². The predicted molar refractivity (Wildman–Crippen MR) is 99.7 cm³/mol. The lowest BCUT2D eigenvalue weighted by atomic mass is 9.92. The van der Waals surface area contributed by atoms with Gasteiger partial charge in [0.25, 0.3) is 0 Å². The Morgan fingerprint density at radius 2 is 1.48 bits per heavy atom. The number of hydroxylamine groups is 1. The fourth-order valence-electron chi connectivity index (χ4n) is 2.77. The van der Waals surface area contributed by atoms with E-state index in [2.05, 4.69) is 4.74 Å². The molecule has 0 saturated carbocycles. The van der Waals surface area contributed by atoms with E-state index in [0.29, 0.717) is 24.6 Å². The number of alkyl halides is 3. The predicted octanol–water partition coefficient (Wildman–Crippen LogP) is 4.34. The number of ether oxygens (including phenoxy) is 2. The summed E-state index contributed by atoms with van der Waals surface area (Å²) in [4.78, 5) is 13.6. The number of amides is 1. The van der Waals surface area contributed by atoms with Crippen LogP contribution < -0.4 is 15.0 Å². The van der Waals surface area contributed by atoms with Gasteiger partial charge in [0.15, 0.2) is 0 Å². The summed E-state index contributed by atoms with van der Waals surface area (Å²) in [7, 11) is 1.86. The lowest BCUT2D eigenvalue weighted by molar-refractivity contribution is -0.274. The Morgan fingerprint density at radius 1 is 1.00 bits per heavy atom. The average Bonchev–Trinajstić information content (AvgIpc) is 2.62. The number of hydrogen-bond donors (Lipinski definition) is 2. The van der Waals surface area contributed by atoms with Gasteiger partial charge < -0.3 is 14.4 Å². The normalized spacial score (nSPS) is 12.0. The Morgan fingerprint density at radius 3 is 1.97 bits per heavy atom. The van der Waals surface area contributed by atoms with E-state index in [4.69, 9.17) is 9.94 Å². The molecular formula is C20H23F3N2O4. The minimum Gasteiger partial charge on any atom is -0.457 e. The van der Waals surface area contributed by atoms with Gasteiger partial charge in [0, 0.05) is 13.1 Å². The maximum Gasteiger partial charge on any atom is 0.573 e. The first kappa shape index (κ1) is 22.5. The van der Waals surface area contributed by atoms with E-state index in [1.807, 2.05) is 24.1 Å². The monoisotopic (exact) mass is 412 g/mol. The highest BCUT2D eigenvalue weighted by molar-refractivity contribution is 5.80. The summed E-state index contributed by atoms with van der Waals surface area (Å²) in [5, 5.41) is 8.80. The van der Waals surface area contributed by atoms with Gasteiger partial charge in [-0.1, -0.05) is 12.1 Å². The highest BCUT2D eigenvalue weighted by Gasteiger charge is 2.31. The highest BCUT2D eigenvalue weighted by Crippen LogP contribution is 2.27. The van der Waals surface area contributed by atoms with Crippen molar-refractivity contribution in [2.45, 2.75) is 26.8 Å². The number of hydrogen-bond acceptors (Lipinski definition) is 5. The molecule has 0 heterocycles. The van der Waals surface area contributed by atoms with Crippen LogP contribution in [0.2, 0.25) is 0 Å². The maximum absolute atomic E-state index is 12.2. The third kappa shape index (κ3) is 7.28. The molecule has 2 aromatic carbocycles. The molecule has 29 heavy (non-hydrogen) atoms. The summed E-state index contributed by atoms with van der Waals surface area (Å²) in [6.45, 7) is 4.48. The Bertz CT molecular complexity index is 806. The van der Waals surface area contributed by atoms with Crippen LogP contribution in [0.5, 0.6) is 17.2 Å². The highest BCUT2D eigenvalue weighted by atomic mass is 19.4. The summed E-state index contributed by atoms with van der Waals surface area (Å²) in [6, 6.07) is 12.3. The van der Waals surface area contributed by atoms with Gasteiger partial charge in [-0.15, -0.1) is 13.2 Å².